The molecule has 2 fully saturated rings. The Morgan fingerprint density at radius 2 is 1.35 bits per heavy atom. The Morgan fingerprint density at radius 1 is 0.882 bits per heavy atom. The predicted octanol–water partition coefficient (Wildman–Crippen LogP) is 0.293. The number of piperazine rings is 1. The number of rotatable bonds is 1. The molecule has 2 heterocycles. The second kappa shape index (κ2) is 8.03. The number of hydrogen-bond donors (Lipinski definition) is 1. The van der Waals surface area contributed by atoms with E-state index < -0.39 is 0 Å². The minimum Gasteiger partial charge on any atom is -0.328 e. The normalized spacial score (nSPS) is 25.4. The SMILES string of the molecule is CCN1CCN(C)CC1.CN1CCC(N)CC1. The molecule has 102 valence electrons. The summed E-state index contributed by atoms with van der Waals surface area (Å²) in [6.07, 6.45) is 2.35. The fraction of sp³-hybridized carbons (Fsp3) is 1.00. The summed E-state index contributed by atoms with van der Waals surface area (Å²) in [4.78, 5) is 7.19. The minimum absolute atomic E-state index is 0.478. The third-order valence-corrected chi connectivity index (χ3v) is 3.81. The van der Waals surface area contributed by atoms with Crippen molar-refractivity contribution in [3.05, 3.63) is 0 Å². The lowest BCUT2D eigenvalue weighted by atomic mass is 10.1. The molecule has 0 radical (unpaired) electrons. The molecule has 2 saturated heterocycles. The molecule has 0 aromatic rings. The molecular weight excluding hydrogens is 212 g/mol. The number of piperidine rings is 1. The predicted molar refractivity (Wildman–Crippen MR) is 74.3 cm³/mol. The highest BCUT2D eigenvalue weighted by molar-refractivity contribution is 4.71. The Morgan fingerprint density at radius 3 is 1.76 bits per heavy atom. The van der Waals surface area contributed by atoms with Gasteiger partial charge in [0, 0.05) is 32.2 Å². The lowest BCUT2D eigenvalue weighted by Gasteiger charge is -2.31. The quantitative estimate of drug-likeness (QED) is 0.717. The van der Waals surface area contributed by atoms with Gasteiger partial charge in [0.1, 0.15) is 0 Å². The van der Waals surface area contributed by atoms with Gasteiger partial charge in [-0.25, -0.2) is 0 Å². The number of likely N-dealkylation sites (N-methyl/N-ethyl adjacent to an activating group) is 2. The highest BCUT2D eigenvalue weighted by Gasteiger charge is 2.11. The lowest BCUT2D eigenvalue weighted by molar-refractivity contribution is 0.160. The van der Waals surface area contributed by atoms with Gasteiger partial charge >= 0.3 is 0 Å². The van der Waals surface area contributed by atoms with Crippen molar-refractivity contribution in [3.8, 4) is 0 Å². The van der Waals surface area contributed by atoms with E-state index in [0.29, 0.717) is 6.04 Å². The van der Waals surface area contributed by atoms with Crippen LogP contribution in [-0.2, 0) is 0 Å². The van der Waals surface area contributed by atoms with Crippen molar-refractivity contribution in [2.24, 2.45) is 5.73 Å². The summed E-state index contributed by atoms with van der Waals surface area (Å²) in [5.41, 5.74) is 5.67. The van der Waals surface area contributed by atoms with Crippen molar-refractivity contribution in [1.29, 1.82) is 0 Å². The van der Waals surface area contributed by atoms with Crippen LogP contribution in [0.3, 0.4) is 0 Å². The van der Waals surface area contributed by atoms with Gasteiger partial charge in [-0.15, -0.1) is 0 Å². The first-order valence-electron chi connectivity index (χ1n) is 6.96. The van der Waals surface area contributed by atoms with Gasteiger partial charge in [-0.1, -0.05) is 6.92 Å². The van der Waals surface area contributed by atoms with E-state index in [1.165, 1.54) is 58.7 Å². The van der Waals surface area contributed by atoms with E-state index in [9.17, 15) is 0 Å². The van der Waals surface area contributed by atoms with Crippen LogP contribution in [0.1, 0.15) is 19.8 Å². The third kappa shape index (κ3) is 6.36. The summed E-state index contributed by atoms with van der Waals surface area (Å²) in [7, 11) is 4.33. The van der Waals surface area contributed by atoms with Crippen molar-refractivity contribution in [2.75, 3.05) is 59.9 Å². The molecule has 0 aromatic heterocycles. The second-order valence-corrected chi connectivity index (χ2v) is 5.38. The Hall–Kier alpha value is -0.160. The molecule has 0 unspecified atom stereocenters. The highest BCUT2D eigenvalue weighted by Crippen LogP contribution is 2.04. The van der Waals surface area contributed by atoms with Crippen LogP contribution in [-0.4, -0.2) is 80.7 Å². The molecule has 0 amide bonds. The zero-order valence-electron chi connectivity index (χ0n) is 11.9. The van der Waals surface area contributed by atoms with Crippen LogP contribution >= 0.6 is 0 Å². The van der Waals surface area contributed by atoms with Crippen molar-refractivity contribution < 1.29 is 0 Å². The summed E-state index contributed by atoms with van der Waals surface area (Å²) in [5.74, 6) is 0. The van der Waals surface area contributed by atoms with Gasteiger partial charge in [-0.2, -0.15) is 0 Å². The zero-order valence-corrected chi connectivity index (χ0v) is 11.9. The summed E-state index contributed by atoms with van der Waals surface area (Å²) >= 11 is 0. The fourth-order valence-electron chi connectivity index (χ4n) is 2.19. The molecule has 2 aliphatic rings. The molecule has 2 N–H and O–H groups in total. The molecule has 17 heavy (non-hydrogen) atoms. The smallest absolute Gasteiger partial charge is 0.0110 e. The molecule has 4 nitrogen and oxygen atoms in total. The maximum Gasteiger partial charge on any atom is 0.0110 e. The third-order valence-electron chi connectivity index (χ3n) is 3.81. The van der Waals surface area contributed by atoms with E-state index in [1.54, 1.807) is 0 Å². The van der Waals surface area contributed by atoms with Crippen LogP contribution in [0.15, 0.2) is 0 Å². The maximum absolute atomic E-state index is 5.67. The number of hydrogen-bond acceptors (Lipinski definition) is 4. The van der Waals surface area contributed by atoms with Crippen molar-refractivity contribution >= 4 is 0 Å². The van der Waals surface area contributed by atoms with E-state index in [-0.39, 0.29) is 0 Å². The molecule has 0 saturated carbocycles. The van der Waals surface area contributed by atoms with Gasteiger partial charge in [0.2, 0.25) is 0 Å². The molecule has 0 aliphatic carbocycles. The largest absolute Gasteiger partial charge is 0.328 e. The van der Waals surface area contributed by atoms with Crippen molar-refractivity contribution in [1.82, 2.24) is 14.7 Å². The molecule has 0 bridgehead atoms. The Bertz CT molecular complexity index is 172. The van der Waals surface area contributed by atoms with Gasteiger partial charge in [0.25, 0.3) is 0 Å². The van der Waals surface area contributed by atoms with Gasteiger partial charge in [-0.3, -0.25) is 0 Å². The van der Waals surface area contributed by atoms with Gasteiger partial charge in [0.05, 0.1) is 0 Å². The Labute approximate surface area is 107 Å². The Balaban J connectivity index is 0.000000171. The molecule has 0 aromatic carbocycles. The fourth-order valence-corrected chi connectivity index (χ4v) is 2.19. The standard InChI is InChI=1S/C7H16N2.C6H14N2/c1-3-9-6-4-8(2)5-7-9;1-8-4-2-6(7)3-5-8/h3-7H2,1-2H3;6H,2-5,7H2,1H3. The van der Waals surface area contributed by atoms with Crippen LogP contribution in [0.2, 0.25) is 0 Å². The lowest BCUT2D eigenvalue weighted by Crippen LogP contribution is -2.44. The van der Waals surface area contributed by atoms with E-state index in [2.05, 4.69) is 35.7 Å². The summed E-state index contributed by atoms with van der Waals surface area (Å²) in [6, 6.07) is 0.478. The summed E-state index contributed by atoms with van der Waals surface area (Å²) < 4.78 is 0. The van der Waals surface area contributed by atoms with Crippen LogP contribution in [0.4, 0.5) is 0 Å². The highest BCUT2D eigenvalue weighted by atomic mass is 15.2. The molecule has 0 spiro atoms. The number of nitrogens with zero attached hydrogens (tertiary/aromatic N) is 3. The number of likely N-dealkylation sites (tertiary alicyclic amines) is 1. The van der Waals surface area contributed by atoms with Crippen LogP contribution < -0.4 is 5.73 Å². The van der Waals surface area contributed by atoms with E-state index >= 15 is 0 Å². The zero-order chi connectivity index (χ0) is 12.7. The molecule has 0 atom stereocenters. The Kier molecular flexibility index (Phi) is 7.04. The van der Waals surface area contributed by atoms with E-state index in [4.69, 9.17) is 5.73 Å². The minimum atomic E-state index is 0.478. The van der Waals surface area contributed by atoms with Gasteiger partial charge in [0.15, 0.2) is 0 Å². The first-order valence-corrected chi connectivity index (χ1v) is 6.96. The van der Waals surface area contributed by atoms with Crippen LogP contribution in [0, 0.1) is 0 Å². The average Bonchev–Trinajstić information content (AvgIpc) is 2.35. The van der Waals surface area contributed by atoms with Crippen molar-refractivity contribution in [3.63, 3.8) is 0 Å². The first kappa shape index (κ1) is 14.9. The second-order valence-electron chi connectivity index (χ2n) is 5.38. The molecular formula is C13H30N4. The number of nitrogens with two attached hydrogens (primary N) is 1. The van der Waals surface area contributed by atoms with Gasteiger partial charge < -0.3 is 20.4 Å². The monoisotopic (exact) mass is 242 g/mol. The van der Waals surface area contributed by atoms with Gasteiger partial charge in [-0.05, 0) is 46.6 Å². The molecule has 2 aliphatic heterocycles. The summed E-state index contributed by atoms with van der Waals surface area (Å²) in [6.45, 7) is 10.8. The van der Waals surface area contributed by atoms with Crippen molar-refractivity contribution in [2.45, 2.75) is 25.8 Å². The topological polar surface area (TPSA) is 35.7 Å². The van der Waals surface area contributed by atoms with E-state index in [0.717, 1.165) is 0 Å². The average molecular weight is 242 g/mol. The van der Waals surface area contributed by atoms with Crippen LogP contribution in [0.25, 0.3) is 0 Å². The summed E-state index contributed by atoms with van der Waals surface area (Å²) in [5, 5.41) is 0. The maximum atomic E-state index is 5.67. The molecule has 4 heteroatoms. The molecule has 2 rings (SSSR count). The van der Waals surface area contributed by atoms with E-state index in [1.807, 2.05) is 0 Å². The van der Waals surface area contributed by atoms with Crippen LogP contribution in [0.5, 0.6) is 0 Å². The first-order chi connectivity index (χ1) is 8.11.